The van der Waals surface area contributed by atoms with Crippen molar-refractivity contribution < 1.29 is 24.8 Å². The summed E-state index contributed by atoms with van der Waals surface area (Å²) < 4.78 is 10.7. The number of para-hydroxylation sites is 1. The molecule has 18 heavy (non-hydrogen) atoms. The number of benzene rings is 1. The average Bonchev–Trinajstić information content (AvgIpc) is 2.40. The molecule has 0 aliphatic carbocycles. The molecular weight excluding hydrogens is 238 g/mol. The van der Waals surface area contributed by atoms with Gasteiger partial charge in [0.15, 0.2) is 0 Å². The Balaban J connectivity index is 2.08. The predicted molar refractivity (Wildman–Crippen MR) is 62.8 cm³/mol. The molecule has 2 rings (SSSR count). The molecule has 1 aliphatic rings. The van der Waals surface area contributed by atoms with Gasteiger partial charge in [0.1, 0.15) is 30.2 Å². The van der Waals surface area contributed by atoms with Crippen molar-refractivity contribution in [2.45, 2.75) is 30.7 Å². The largest absolute Gasteiger partial charge is 0.462 e. The first-order valence-corrected chi connectivity index (χ1v) is 5.75. The van der Waals surface area contributed by atoms with Crippen molar-refractivity contribution in [3.63, 3.8) is 0 Å². The Morgan fingerprint density at radius 1 is 1.06 bits per heavy atom. The molecule has 5 atom stereocenters. The molecule has 1 aliphatic heterocycles. The fourth-order valence-electron chi connectivity index (χ4n) is 1.84. The van der Waals surface area contributed by atoms with Gasteiger partial charge in [0.25, 0.3) is 0 Å². The zero-order chi connectivity index (χ0) is 13.1. The van der Waals surface area contributed by atoms with Crippen LogP contribution in [0.1, 0.15) is 0 Å². The van der Waals surface area contributed by atoms with Gasteiger partial charge in [0.05, 0.1) is 0 Å². The maximum atomic E-state index is 9.78. The van der Waals surface area contributed by atoms with Crippen LogP contribution in [0.4, 0.5) is 0 Å². The van der Waals surface area contributed by atoms with Crippen LogP contribution in [-0.2, 0) is 4.74 Å². The molecule has 1 aromatic carbocycles. The Morgan fingerprint density at radius 2 is 1.72 bits per heavy atom. The van der Waals surface area contributed by atoms with Crippen LogP contribution in [0.25, 0.3) is 0 Å². The zero-order valence-electron chi connectivity index (χ0n) is 9.72. The second-order valence-electron chi connectivity index (χ2n) is 4.18. The van der Waals surface area contributed by atoms with Crippen LogP contribution in [-0.4, -0.2) is 52.6 Å². The van der Waals surface area contributed by atoms with Crippen molar-refractivity contribution in [1.29, 1.82) is 0 Å². The average molecular weight is 255 g/mol. The summed E-state index contributed by atoms with van der Waals surface area (Å²) in [6, 6.07) is 8.77. The summed E-state index contributed by atoms with van der Waals surface area (Å²) in [6.45, 7) is 0.0274. The molecule has 0 bridgehead atoms. The topological polar surface area (TPSA) is 105 Å². The van der Waals surface area contributed by atoms with Crippen LogP contribution in [0.15, 0.2) is 30.3 Å². The number of aliphatic hydroxyl groups is 3. The van der Waals surface area contributed by atoms with Crippen molar-refractivity contribution in [2.75, 3.05) is 6.54 Å². The van der Waals surface area contributed by atoms with Crippen molar-refractivity contribution in [3.05, 3.63) is 30.3 Å². The monoisotopic (exact) mass is 255 g/mol. The van der Waals surface area contributed by atoms with Gasteiger partial charge in [0.2, 0.25) is 6.29 Å². The lowest BCUT2D eigenvalue weighted by atomic mass is 9.99. The number of rotatable bonds is 3. The lowest BCUT2D eigenvalue weighted by Gasteiger charge is -2.39. The third-order valence-electron chi connectivity index (χ3n) is 2.90. The maximum Gasteiger partial charge on any atom is 0.229 e. The van der Waals surface area contributed by atoms with E-state index < -0.39 is 30.7 Å². The Labute approximate surface area is 105 Å². The van der Waals surface area contributed by atoms with Crippen LogP contribution in [0.3, 0.4) is 0 Å². The highest BCUT2D eigenvalue weighted by Gasteiger charge is 2.44. The fraction of sp³-hybridized carbons (Fsp3) is 0.500. The van der Waals surface area contributed by atoms with Gasteiger partial charge in [-0.25, -0.2) is 0 Å². The minimum absolute atomic E-state index is 0.0274. The highest BCUT2D eigenvalue weighted by atomic mass is 16.7. The number of nitrogens with two attached hydrogens (primary N) is 1. The summed E-state index contributed by atoms with van der Waals surface area (Å²) in [5.41, 5.74) is 5.42. The summed E-state index contributed by atoms with van der Waals surface area (Å²) in [5.74, 6) is 0.501. The molecule has 0 spiro atoms. The molecule has 1 heterocycles. The minimum atomic E-state index is -1.35. The fourth-order valence-corrected chi connectivity index (χ4v) is 1.84. The van der Waals surface area contributed by atoms with Crippen LogP contribution in [0.5, 0.6) is 5.75 Å². The molecule has 0 aromatic heterocycles. The summed E-state index contributed by atoms with van der Waals surface area (Å²) in [7, 11) is 0. The van der Waals surface area contributed by atoms with Crippen LogP contribution in [0.2, 0.25) is 0 Å². The third kappa shape index (κ3) is 2.63. The van der Waals surface area contributed by atoms with Gasteiger partial charge >= 0.3 is 0 Å². The predicted octanol–water partition coefficient (Wildman–Crippen LogP) is -1.17. The van der Waals surface area contributed by atoms with E-state index in [0.717, 1.165) is 0 Å². The lowest BCUT2D eigenvalue weighted by molar-refractivity contribution is -0.269. The molecule has 100 valence electrons. The van der Waals surface area contributed by atoms with E-state index in [9.17, 15) is 15.3 Å². The molecule has 1 saturated heterocycles. The maximum absolute atomic E-state index is 9.78. The Morgan fingerprint density at radius 3 is 2.33 bits per heavy atom. The molecule has 1 fully saturated rings. The Hall–Kier alpha value is -1.18. The highest BCUT2D eigenvalue weighted by molar-refractivity contribution is 5.21. The quantitative estimate of drug-likeness (QED) is 0.542. The van der Waals surface area contributed by atoms with Gasteiger partial charge in [0, 0.05) is 6.54 Å². The van der Waals surface area contributed by atoms with E-state index >= 15 is 0 Å². The van der Waals surface area contributed by atoms with Gasteiger partial charge in [-0.05, 0) is 12.1 Å². The number of ether oxygens (including phenoxy) is 2. The van der Waals surface area contributed by atoms with E-state index in [2.05, 4.69) is 0 Å². The normalized spacial score (nSPS) is 36.3. The van der Waals surface area contributed by atoms with Crippen molar-refractivity contribution in [3.8, 4) is 5.75 Å². The second kappa shape index (κ2) is 5.64. The molecule has 1 aromatic rings. The number of hydrogen-bond donors (Lipinski definition) is 4. The van der Waals surface area contributed by atoms with E-state index in [0.29, 0.717) is 5.75 Å². The summed E-state index contributed by atoms with van der Waals surface area (Å²) >= 11 is 0. The molecular formula is C12H17NO5. The van der Waals surface area contributed by atoms with Crippen LogP contribution >= 0.6 is 0 Å². The van der Waals surface area contributed by atoms with Gasteiger partial charge in [-0.1, -0.05) is 18.2 Å². The third-order valence-corrected chi connectivity index (χ3v) is 2.90. The first-order valence-electron chi connectivity index (χ1n) is 5.75. The van der Waals surface area contributed by atoms with E-state index in [1.807, 2.05) is 6.07 Å². The molecule has 6 heteroatoms. The Bertz CT molecular complexity index is 372. The van der Waals surface area contributed by atoms with Gasteiger partial charge in [-0.3, -0.25) is 0 Å². The zero-order valence-corrected chi connectivity index (χ0v) is 9.72. The van der Waals surface area contributed by atoms with Crippen molar-refractivity contribution >= 4 is 0 Å². The SMILES string of the molecule is NC[C@H]1O[C@H](Oc2ccccc2)[C@@H](O)[C@@H](O)[C@@H]1O. The van der Waals surface area contributed by atoms with Crippen molar-refractivity contribution in [1.82, 2.24) is 0 Å². The molecule has 6 nitrogen and oxygen atoms in total. The van der Waals surface area contributed by atoms with Crippen LogP contribution in [0, 0.1) is 0 Å². The van der Waals surface area contributed by atoms with E-state index in [1.54, 1.807) is 24.3 Å². The molecule has 0 unspecified atom stereocenters. The molecule has 0 radical (unpaired) electrons. The second-order valence-corrected chi connectivity index (χ2v) is 4.18. The van der Waals surface area contributed by atoms with Crippen LogP contribution < -0.4 is 10.5 Å². The molecule has 0 saturated carbocycles. The minimum Gasteiger partial charge on any atom is -0.462 e. The molecule has 0 amide bonds. The number of aliphatic hydroxyl groups excluding tert-OH is 3. The summed E-state index contributed by atoms with van der Waals surface area (Å²) in [6.07, 6.45) is -5.72. The van der Waals surface area contributed by atoms with Crippen molar-refractivity contribution in [2.24, 2.45) is 5.73 Å². The van der Waals surface area contributed by atoms with E-state index in [1.165, 1.54) is 0 Å². The van der Waals surface area contributed by atoms with E-state index in [-0.39, 0.29) is 6.54 Å². The van der Waals surface area contributed by atoms with Gasteiger partial charge in [-0.2, -0.15) is 0 Å². The summed E-state index contributed by atoms with van der Waals surface area (Å²) in [4.78, 5) is 0. The lowest BCUT2D eigenvalue weighted by Crippen LogP contribution is -2.60. The standard InChI is InChI=1S/C12H17NO5/c13-6-8-9(14)10(15)11(16)12(18-8)17-7-4-2-1-3-5-7/h1-5,8-12,14-16H,6,13H2/t8-,9-,10+,11+,12+/m1/s1. The Kier molecular flexibility index (Phi) is 4.15. The van der Waals surface area contributed by atoms with Gasteiger partial charge < -0.3 is 30.5 Å². The molecule has 5 N–H and O–H groups in total. The van der Waals surface area contributed by atoms with E-state index in [4.69, 9.17) is 15.2 Å². The smallest absolute Gasteiger partial charge is 0.229 e. The first kappa shape index (κ1) is 13.3. The summed E-state index contributed by atoms with van der Waals surface area (Å²) in [5, 5.41) is 29.1. The van der Waals surface area contributed by atoms with Gasteiger partial charge in [-0.15, -0.1) is 0 Å². The number of hydrogen-bond acceptors (Lipinski definition) is 6. The first-order chi connectivity index (χ1) is 8.63. The highest BCUT2D eigenvalue weighted by Crippen LogP contribution is 2.23.